The van der Waals surface area contributed by atoms with Crippen molar-refractivity contribution in [2.24, 2.45) is 4.99 Å². The van der Waals surface area contributed by atoms with Crippen LogP contribution in [0.4, 0.5) is 0 Å². The number of nitrogens with zero attached hydrogens (tertiary/aromatic N) is 1. The summed E-state index contributed by atoms with van der Waals surface area (Å²) in [6.07, 6.45) is 3.80. The predicted octanol–water partition coefficient (Wildman–Crippen LogP) is 0.0672. The highest BCUT2D eigenvalue weighted by Crippen LogP contribution is 2.01. The largest absolute Gasteiger partial charge is 0.353 e. The van der Waals surface area contributed by atoms with Gasteiger partial charge in [0.15, 0.2) is 0 Å². The molecule has 0 spiro atoms. The first-order valence-electron chi connectivity index (χ1n) is 2.96. The van der Waals surface area contributed by atoms with Crippen molar-refractivity contribution >= 4 is 6.34 Å². The molecule has 50 valence electrons. The second-order valence-corrected chi connectivity index (χ2v) is 2.02. The van der Waals surface area contributed by atoms with Crippen molar-refractivity contribution in [3.05, 3.63) is 11.8 Å². The van der Waals surface area contributed by atoms with Crippen LogP contribution in [0.3, 0.4) is 0 Å². The van der Waals surface area contributed by atoms with Crippen LogP contribution < -0.4 is 10.6 Å². The zero-order valence-electron chi connectivity index (χ0n) is 5.68. The molecule has 1 heterocycles. The fourth-order valence-corrected chi connectivity index (χ4v) is 0.785. The van der Waals surface area contributed by atoms with E-state index >= 15 is 0 Å². The Labute approximate surface area is 54.9 Å². The van der Waals surface area contributed by atoms with Crippen molar-refractivity contribution in [2.45, 2.75) is 13.1 Å². The molecule has 1 atom stereocenters. The van der Waals surface area contributed by atoms with Crippen LogP contribution in [0, 0.1) is 0 Å². The van der Waals surface area contributed by atoms with Crippen LogP contribution in [-0.4, -0.2) is 19.6 Å². The Morgan fingerprint density at radius 3 is 3.00 bits per heavy atom. The van der Waals surface area contributed by atoms with Crippen LogP contribution in [0.25, 0.3) is 0 Å². The second-order valence-electron chi connectivity index (χ2n) is 2.02. The van der Waals surface area contributed by atoms with Crippen LogP contribution >= 0.6 is 0 Å². The highest BCUT2D eigenvalue weighted by Gasteiger charge is 2.05. The summed E-state index contributed by atoms with van der Waals surface area (Å²) in [7, 11) is 1.89. The molecule has 0 bridgehead atoms. The minimum absolute atomic E-state index is 0.172. The lowest BCUT2D eigenvalue weighted by Crippen LogP contribution is -2.29. The van der Waals surface area contributed by atoms with Crippen LogP contribution in [0.1, 0.15) is 6.92 Å². The van der Waals surface area contributed by atoms with Gasteiger partial charge in [0.1, 0.15) is 6.17 Å². The summed E-state index contributed by atoms with van der Waals surface area (Å²) in [5.74, 6) is 0. The van der Waals surface area contributed by atoms with Crippen LogP contribution in [0.15, 0.2) is 16.8 Å². The number of nitrogens with one attached hydrogen (secondary N) is 2. The van der Waals surface area contributed by atoms with Gasteiger partial charge in [-0.05, 0) is 19.5 Å². The molecule has 9 heavy (non-hydrogen) atoms. The van der Waals surface area contributed by atoms with E-state index in [-0.39, 0.29) is 6.17 Å². The SMILES string of the molecule is CNC1N=CNC=C1C. The molecule has 3 nitrogen and oxygen atoms in total. The van der Waals surface area contributed by atoms with E-state index in [0.717, 1.165) is 0 Å². The molecule has 0 aromatic carbocycles. The van der Waals surface area contributed by atoms with E-state index in [4.69, 9.17) is 0 Å². The molecule has 1 rings (SSSR count). The Morgan fingerprint density at radius 2 is 2.56 bits per heavy atom. The van der Waals surface area contributed by atoms with Crippen molar-refractivity contribution in [3.63, 3.8) is 0 Å². The van der Waals surface area contributed by atoms with E-state index in [9.17, 15) is 0 Å². The molecule has 1 unspecified atom stereocenters. The lowest BCUT2D eigenvalue weighted by Gasteiger charge is -2.14. The maximum Gasteiger partial charge on any atom is 0.124 e. The number of hydrogen-bond acceptors (Lipinski definition) is 3. The standard InChI is InChI=1S/C6H11N3/c1-5-3-8-4-9-6(5)7-2/h3-4,6-7H,1-2H3,(H,8,9). The molecule has 0 radical (unpaired) electrons. The Bertz CT molecular complexity index is 148. The minimum atomic E-state index is 0.172. The molecule has 0 saturated carbocycles. The molecular weight excluding hydrogens is 114 g/mol. The summed E-state index contributed by atoms with van der Waals surface area (Å²) in [5.41, 5.74) is 1.21. The van der Waals surface area contributed by atoms with E-state index in [1.807, 2.05) is 20.2 Å². The van der Waals surface area contributed by atoms with Gasteiger partial charge in [-0.25, -0.2) is 0 Å². The first kappa shape index (κ1) is 6.29. The molecular formula is C6H11N3. The second kappa shape index (κ2) is 2.64. The highest BCUT2D eigenvalue weighted by molar-refractivity contribution is 5.58. The van der Waals surface area contributed by atoms with Crippen molar-refractivity contribution in [3.8, 4) is 0 Å². The zero-order valence-corrected chi connectivity index (χ0v) is 5.68. The molecule has 0 aliphatic carbocycles. The van der Waals surface area contributed by atoms with Gasteiger partial charge in [0.25, 0.3) is 0 Å². The van der Waals surface area contributed by atoms with Gasteiger partial charge in [-0.3, -0.25) is 10.3 Å². The summed E-state index contributed by atoms with van der Waals surface area (Å²) >= 11 is 0. The van der Waals surface area contributed by atoms with Crippen molar-refractivity contribution in [2.75, 3.05) is 7.05 Å². The lowest BCUT2D eigenvalue weighted by molar-refractivity contribution is 0.654. The van der Waals surface area contributed by atoms with Gasteiger partial charge in [0.05, 0.1) is 6.34 Å². The van der Waals surface area contributed by atoms with Crippen molar-refractivity contribution in [1.82, 2.24) is 10.6 Å². The van der Waals surface area contributed by atoms with Gasteiger partial charge in [-0.15, -0.1) is 0 Å². The molecule has 1 aliphatic heterocycles. The van der Waals surface area contributed by atoms with Gasteiger partial charge in [0, 0.05) is 6.20 Å². The molecule has 0 saturated heterocycles. The molecule has 0 aromatic heterocycles. The summed E-state index contributed by atoms with van der Waals surface area (Å²) in [5, 5.41) is 5.95. The Morgan fingerprint density at radius 1 is 1.78 bits per heavy atom. The monoisotopic (exact) mass is 125 g/mol. The van der Waals surface area contributed by atoms with Crippen molar-refractivity contribution in [1.29, 1.82) is 0 Å². The quantitative estimate of drug-likeness (QED) is 0.520. The minimum Gasteiger partial charge on any atom is -0.353 e. The fourth-order valence-electron chi connectivity index (χ4n) is 0.785. The van der Waals surface area contributed by atoms with Gasteiger partial charge in [0.2, 0.25) is 0 Å². The van der Waals surface area contributed by atoms with Crippen molar-refractivity contribution < 1.29 is 0 Å². The number of hydrogen-bond donors (Lipinski definition) is 2. The average molecular weight is 125 g/mol. The van der Waals surface area contributed by atoms with Crippen LogP contribution in [0.2, 0.25) is 0 Å². The van der Waals surface area contributed by atoms with Crippen LogP contribution in [0.5, 0.6) is 0 Å². The zero-order chi connectivity index (χ0) is 6.69. The van der Waals surface area contributed by atoms with E-state index < -0.39 is 0 Å². The summed E-state index contributed by atoms with van der Waals surface area (Å²) in [6.45, 7) is 2.03. The molecule has 0 amide bonds. The maximum atomic E-state index is 4.11. The smallest absolute Gasteiger partial charge is 0.124 e. The average Bonchev–Trinajstić information content (AvgIpc) is 1.89. The van der Waals surface area contributed by atoms with E-state index in [2.05, 4.69) is 15.6 Å². The fraction of sp³-hybridized carbons (Fsp3) is 0.500. The van der Waals surface area contributed by atoms with Gasteiger partial charge in [-0.2, -0.15) is 0 Å². The lowest BCUT2D eigenvalue weighted by atomic mass is 10.2. The molecule has 2 N–H and O–H groups in total. The number of aliphatic imine (C=N–C) groups is 1. The third-order valence-corrected chi connectivity index (χ3v) is 1.31. The first-order chi connectivity index (χ1) is 4.34. The Balaban J connectivity index is 2.59. The molecule has 0 fully saturated rings. The van der Waals surface area contributed by atoms with E-state index in [1.165, 1.54) is 5.57 Å². The summed E-state index contributed by atoms with van der Waals surface area (Å²) < 4.78 is 0. The third kappa shape index (κ3) is 1.29. The molecule has 1 aliphatic rings. The highest BCUT2D eigenvalue weighted by atomic mass is 15.1. The maximum absolute atomic E-state index is 4.11. The summed E-state index contributed by atoms with van der Waals surface area (Å²) in [6, 6.07) is 0. The Hall–Kier alpha value is -0.830. The first-order valence-corrected chi connectivity index (χ1v) is 2.96. The summed E-state index contributed by atoms with van der Waals surface area (Å²) in [4.78, 5) is 4.11. The topological polar surface area (TPSA) is 36.4 Å². The Kier molecular flexibility index (Phi) is 1.85. The molecule has 0 aromatic rings. The normalized spacial score (nSPS) is 25.1. The van der Waals surface area contributed by atoms with Crippen LogP contribution in [-0.2, 0) is 0 Å². The van der Waals surface area contributed by atoms with Gasteiger partial charge >= 0.3 is 0 Å². The number of rotatable bonds is 1. The van der Waals surface area contributed by atoms with Gasteiger partial charge < -0.3 is 5.32 Å². The number of likely N-dealkylation sites (N-methyl/N-ethyl adjacent to an activating group) is 1. The van der Waals surface area contributed by atoms with E-state index in [1.54, 1.807) is 6.34 Å². The van der Waals surface area contributed by atoms with Gasteiger partial charge in [-0.1, -0.05) is 0 Å². The van der Waals surface area contributed by atoms with E-state index in [0.29, 0.717) is 0 Å². The third-order valence-electron chi connectivity index (χ3n) is 1.31. The molecule has 3 heteroatoms. The predicted molar refractivity (Wildman–Crippen MR) is 38.2 cm³/mol.